The van der Waals surface area contributed by atoms with Crippen molar-refractivity contribution in [2.45, 2.75) is 31.0 Å². The summed E-state index contributed by atoms with van der Waals surface area (Å²) in [5.41, 5.74) is 1.64. The number of piperidine rings is 1. The van der Waals surface area contributed by atoms with Gasteiger partial charge in [0, 0.05) is 16.7 Å². The zero-order valence-corrected chi connectivity index (χ0v) is 19.0. The van der Waals surface area contributed by atoms with E-state index < -0.39 is 0 Å². The fourth-order valence-corrected chi connectivity index (χ4v) is 4.94. The van der Waals surface area contributed by atoms with E-state index in [1.54, 1.807) is 4.57 Å². The van der Waals surface area contributed by atoms with Crippen LogP contribution in [0.3, 0.4) is 0 Å². The van der Waals surface area contributed by atoms with Crippen LogP contribution in [0.4, 0.5) is 0 Å². The van der Waals surface area contributed by atoms with Crippen LogP contribution in [0.15, 0.2) is 58.5 Å². The van der Waals surface area contributed by atoms with Gasteiger partial charge in [0.25, 0.3) is 5.56 Å². The second kappa shape index (κ2) is 9.30. The van der Waals surface area contributed by atoms with Crippen LogP contribution >= 0.6 is 34.4 Å². The number of amides is 1. The number of carbonyl (C=O) groups excluding carboxylic acids is 1. The van der Waals surface area contributed by atoms with Crippen LogP contribution in [0.25, 0.3) is 10.9 Å². The minimum atomic E-state index is -0.0645. The van der Waals surface area contributed by atoms with Gasteiger partial charge < -0.3 is 4.90 Å². The molecular formula is C22H22IN3O2S. The molecule has 2 heterocycles. The van der Waals surface area contributed by atoms with Crippen LogP contribution in [-0.2, 0) is 11.3 Å². The lowest BCUT2D eigenvalue weighted by molar-refractivity contribution is -0.129. The molecule has 3 aromatic rings. The zero-order valence-electron chi connectivity index (χ0n) is 16.0. The number of aromatic nitrogens is 2. The van der Waals surface area contributed by atoms with Crippen LogP contribution in [-0.4, -0.2) is 39.2 Å². The lowest BCUT2D eigenvalue weighted by atomic mass is 10.1. The van der Waals surface area contributed by atoms with Crippen molar-refractivity contribution in [3.63, 3.8) is 0 Å². The predicted octanol–water partition coefficient (Wildman–Crippen LogP) is 4.15. The highest BCUT2D eigenvalue weighted by Gasteiger charge is 2.19. The van der Waals surface area contributed by atoms with Crippen molar-refractivity contribution in [3.8, 4) is 0 Å². The highest BCUT2D eigenvalue weighted by atomic mass is 127. The minimum Gasteiger partial charge on any atom is -0.342 e. The fourth-order valence-electron chi connectivity index (χ4n) is 3.55. The van der Waals surface area contributed by atoms with E-state index in [0.29, 0.717) is 28.4 Å². The Kier molecular flexibility index (Phi) is 6.54. The summed E-state index contributed by atoms with van der Waals surface area (Å²) < 4.78 is 2.70. The second-order valence-electron chi connectivity index (χ2n) is 7.16. The average Bonchev–Trinajstić information content (AvgIpc) is 2.76. The molecule has 1 aromatic heterocycles. The van der Waals surface area contributed by atoms with Crippen molar-refractivity contribution in [2.75, 3.05) is 18.8 Å². The molecule has 0 atom stereocenters. The first-order valence-corrected chi connectivity index (χ1v) is 11.8. The summed E-state index contributed by atoms with van der Waals surface area (Å²) >= 11 is 3.57. The molecule has 1 fully saturated rings. The first kappa shape index (κ1) is 20.4. The first-order chi connectivity index (χ1) is 14.1. The Morgan fingerprint density at radius 2 is 1.83 bits per heavy atom. The van der Waals surface area contributed by atoms with Crippen molar-refractivity contribution in [1.29, 1.82) is 0 Å². The molecule has 0 radical (unpaired) electrons. The molecule has 0 unspecified atom stereocenters. The Morgan fingerprint density at radius 1 is 1.07 bits per heavy atom. The predicted molar refractivity (Wildman–Crippen MR) is 125 cm³/mol. The molecule has 0 N–H and O–H groups in total. The molecule has 1 amide bonds. The van der Waals surface area contributed by atoms with Crippen LogP contribution in [0.1, 0.15) is 24.8 Å². The Bertz CT molecular complexity index is 1080. The van der Waals surface area contributed by atoms with E-state index in [-0.39, 0.29) is 11.5 Å². The smallest absolute Gasteiger partial charge is 0.262 e. The molecule has 7 heteroatoms. The molecule has 29 heavy (non-hydrogen) atoms. The number of benzene rings is 2. The van der Waals surface area contributed by atoms with Gasteiger partial charge in [-0.15, -0.1) is 0 Å². The Labute approximate surface area is 187 Å². The monoisotopic (exact) mass is 519 g/mol. The molecule has 1 aliphatic heterocycles. The van der Waals surface area contributed by atoms with Crippen molar-refractivity contribution in [2.24, 2.45) is 0 Å². The van der Waals surface area contributed by atoms with Gasteiger partial charge in [-0.05, 0) is 65.6 Å². The van der Waals surface area contributed by atoms with Crippen molar-refractivity contribution >= 4 is 51.2 Å². The maximum absolute atomic E-state index is 13.3. The topological polar surface area (TPSA) is 55.2 Å². The Balaban J connectivity index is 1.67. The molecule has 0 bridgehead atoms. The summed E-state index contributed by atoms with van der Waals surface area (Å²) in [5.74, 6) is 0.426. The van der Waals surface area contributed by atoms with Gasteiger partial charge in [0.15, 0.2) is 5.16 Å². The third kappa shape index (κ3) is 4.83. The van der Waals surface area contributed by atoms with Crippen molar-refractivity contribution < 1.29 is 4.79 Å². The zero-order chi connectivity index (χ0) is 20.2. The summed E-state index contributed by atoms with van der Waals surface area (Å²) in [4.78, 5) is 32.6. The summed E-state index contributed by atoms with van der Waals surface area (Å²) in [6.07, 6.45) is 3.34. The number of fused-ring (bicyclic) bond motifs is 1. The van der Waals surface area contributed by atoms with Crippen LogP contribution in [0, 0.1) is 3.57 Å². The fraction of sp³-hybridized carbons (Fsp3) is 0.318. The number of carbonyl (C=O) groups is 1. The van der Waals surface area contributed by atoms with Gasteiger partial charge in [-0.3, -0.25) is 14.2 Å². The van der Waals surface area contributed by atoms with E-state index in [1.165, 1.54) is 18.2 Å². The van der Waals surface area contributed by atoms with Gasteiger partial charge in [-0.2, -0.15) is 0 Å². The number of thioether (sulfide) groups is 1. The van der Waals surface area contributed by atoms with Crippen LogP contribution < -0.4 is 5.56 Å². The standard InChI is InChI=1S/C22H22IN3O2S/c23-17-9-10-19-18(13-17)21(28)26(14-16-7-3-1-4-8-16)22(24-19)29-15-20(27)25-11-5-2-6-12-25/h1,3-4,7-10,13H,2,5-6,11-12,14-15H2. The number of rotatable bonds is 5. The number of halogens is 1. The number of nitrogens with zero attached hydrogens (tertiary/aromatic N) is 3. The first-order valence-electron chi connectivity index (χ1n) is 9.76. The van der Waals surface area contributed by atoms with Gasteiger partial charge in [0.1, 0.15) is 0 Å². The van der Waals surface area contributed by atoms with Gasteiger partial charge in [-0.1, -0.05) is 42.1 Å². The lowest BCUT2D eigenvalue weighted by Crippen LogP contribution is -2.37. The van der Waals surface area contributed by atoms with Gasteiger partial charge in [0.05, 0.1) is 23.2 Å². The molecule has 0 saturated carbocycles. The van der Waals surface area contributed by atoms with E-state index in [2.05, 4.69) is 22.6 Å². The largest absolute Gasteiger partial charge is 0.342 e. The summed E-state index contributed by atoms with van der Waals surface area (Å²) in [7, 11) is 0. The molecule has 4 rings (SSSR count). The normalized spacial score (nSPS) is 14.3. The molecule has 1 saturated heterocycles. The lowest BCUT2D eigenvalue weighted by Gasteiger charge is -2.26. The summed E-state index contributed by atoms with van der Waals surface area (Å²) in [6, 6.07) is 15.6. The van der Waals surface area contributed by atoms with E-state index in [0.717, 1.165) is 35.1 Å². The Hall–Kier alpha value is -1.87. The van der Waals surface area contributed by atoms with Gasteiger partial charge >= 0.3 is 0 Å². The third-order valence-electron chi connectivity index (χ3n) is 5.10. The molecule has 150 valence electrons. The van der Waals surface area contributed by atoms with E-state index in [9.17, 15) is 9.59 Å². The second-order valence-corrected chi connectivity index (χ2v) is 9.35. The van der Waals surface area contributed by atoms with Crippen LogP contribution in [0.5, 0.6) is 0 Å². The number of hydrogen-bond acceptors (Lipinski definition) is 4. The molecule has 1 aliphatic rings. The number of likely N-dealkylation sites (tertiary alicyclic amines) is 1. The average molecular weight is 519 g/mol. The van der Waals surface area contributed by atoms with E-state index in [4.69, 9.17) is 4.98 Å². The molecule has 0 aliphatic carbocycles. The minimum absolute atomic E-state index is 0.0645. The quantitative estimate of drug-likeness (QED) is 0.289. The Morgan fingerprint density at radius 3 is 2.59 bits per heavy atom. The van der Waals surface area contributed by atoms with E-state index >= 15 is 0 Å². The molecule has 2 aromatic carbocycles. The van der Waals surface area contributed by atoms with Crippen molar-refractivity contribution in [3.05, 3.63) is 68.0 Å². The molecule has 0 spiro atoms. The van der Waals surface area contributed by atoms with Crippen molar-refractivity contribution in [1.82, 2.24) is 14.5 Å². The van der Waals surface area contributed by atoms with E-state index in [1.807, 2.05) is 53.4 Å². The van der Waals surface area contributed by atoms with Gasteiger partial charge in [0.2, 0.25) is 5.91 Å². The summed E-state index contributed by atoms with van der Waals surface area (Å²) in [5, 5.41) is 1.21. The maximum Gasteiger partial charge on any atom is 0.262 e. The SMILES string of the molecule is O=C(CSc1nc2ccc(I)cc2c(=O)n1Cc1ccccc1)N1CCCCC1. The molecular weight excluding hydrogens is 497 g/mol. The number of hydrogen-bond donors (Lipinski definition) is 0. The highest BCUT2D eigenvalue weighted by molar-refractivity contribution is 14.1. The third-order valence-corrected chi connectivity index (χ3v) is 6.73. The van der Waals surface area contributed by atoms with Gasteiger partial charge in [-0.25, -0.2) is 4.98 Å². The van der Waals surface area contributed by atoms with Crippen LogP contribution in [0.2, 0.25) is 0 Å². The molecule has 5 nitrogen and oxygen atoms in total. The maximum atomic E-state index is 13.3. The highest BCUT2D eigenvalue weighted by Crippen LogP contribution is 2.21. The summed E-state index contributed by atoms with van der Waals surface area (Å²) in [6.45, 7) is 2.11.